The minimum absolute atomic E-state index is 0.00130. The van der Waals surface area contributed by atoms with Gasteiger partial charge >= 0.3 is 5.97 Å². The molecular weight excluding hydrogens is 440 g/mol. The number of aliphatic carboxylic acids is 1. The highest BCUT2D eigenvalue weighted by Crippen LogP contribution is 2.30. The molecule has 1 aromatic heterocycles. The molecule has 1 aromatic carbocycles. The van der Waals surface area contributed by atoms with Crippen LogP contribution in [0.25, 0.3) is 0 Å². The summed E-state index contributed by atoms with van der Waals surface area (Å²) in [5.41, 5.74) is 3.28. The van der Waals surface area contributed by atoms with Gasteiger partial charge in [-0.25, -0.2) is 4.98 Å². The van der Waals surface area contributed by atoms with E-state index in [4.69, 9.17) is 4.98 Å². The molecule has 4 heterocycles. The van der Waals surface area contributed by atoms with E-state index in [0.717, 1.165) is 75.2 Å². The van der Waals surface area contributed by atoms with E-state index in [0.29, 0.717) is 19.0 Å². The van der Waals surface area contributed by atoms with E-state index < -0.39 is 12.0 Å². The standard InChI is InChI=1S/C28H36N4O3/c33-27(23-12-17-31(18-13-23)25(28(34)35)21-5-2-1-3-6-21)32-15-10-20(11-16-32)19-24-9-8-22-7-4-14-29-26(22)30-24/h1-3,5-6,8-9,20,23,25H,4,7,10-19H2,(H,29,30)(H,34,35). The number of nitrogens with zero attached hydrogens (tertiary/aromatic N) is 3. The summed E-state index contributed by atoms with van der Waals surface area (Å²) in [5.74, 6) is 1.06. The molecule has 1 unspecified atom stereocenters. The van der Waals surface area contributed by atoms with Crippen LogP contribution in [0.1, 0.15) is 55.0 Å². The highest BCUT2D eigenvalue weighted by molar-refractivity contribution is 5.79. The van der Waals surface area contributed by atoms with E-state index in [9.17, 15) is 14.7 Å². The highest BCUT2D eigenvalue weighted by atomic mass is 16.4. The zero-order valence-corrected chi connectivity index (χ0v) is 20.4. The van der Waals surface area contributed by atoms with E-state index in [2.05, 4.69) is 17.4 Å². The maximum absolute atomic E-state index is 13.2. The Kier molecular flexibility index (Phi) is 7.32. The summed E-state index contributed by atoms with van der Waals surface area (Å²) < 4.78 is 0. The SMILES string of the molecule is O=C(O)C(c1ccccc1)N1CCC(C(=O)N2CCC(Cc3ccc4c(n3)NCCC4)CC2)CC1. The van der Waals surface area contributed by atoms with Gasteiger partial charge in [-0.05, 0) is 68.1 Å². The molecule has 2 fully saturated rings. The molecule has 1 atom stereocenters. The topological polar surface area (TPSA) is 85.8 Å². The Morgan fingerprint density at radius 1 is 1.00 bits per heavy atom. The first-order valence-electron chi connectivity index (χ1n) is 13.1. The molecule has 3 aliphatic rings. The summed E-state index contributed by atoms with van der Waals surface area (Å²) in [4.78, 5) is 34.1. The fourth-order valence-corrected chi connectivity index (χ4v) is 5.94. The van der Waals surface area contributed by atoms with Crippen LogP contribution in [-0.2, 0) is 22.4 Å². The lowest BCUT2D eigenvalue weighted by Gasteiger charge is -2.39. The van der Waals surface area contributed by atoms with Gasteiger partial charge in [0.1, 0.15) is 11.9 Å². The van der Waals surface area contributed by atoms with Gasteiger partial charge in [0.15, 0.2) is 0 Å². The number of nitrogens with one attached hydrogen (secondary N) is 1. The van der Waals surface area contributed by atoms with E-state index in [-0.39, 0.29) is 11.8 Å². The predicted octanol–water partition coefficient (Wildman–Crippen LogP) is 3.76. The number of piperidine rings is 2. The summed E-state index contributed by atoms with van der Waals surface area (Å²) >= 11 is 0. The Morgan fingerprint density at radius 3 is 2.46 bits per heavy atom. The number of carbonyl (C=O) groups is 2. The number of carboxylic acids is 1. The van der Waals surface area contributed by atoms with Gasteiger partial charge in [-0.2, -0.15) is 0 Å². The van der Waals surface area contributed by atoms with Crippen LogP contribution in [0, 0.1) is 11.8 Å². The summed E-state index contributed by atoms with van der Waals surface area (Å²) in [6.07, 6.45) is 6.75. The van der Waals surface area contributed by atoms with Crippen molar-refractivity contribution in [1.29, 1.82) is 0 Å². The molecule has 35 heavy (non-hydrogen) atoms. The quantitative estimate of drug-likeness (QED) is 0.660. The molecule has 3 aliphatic heterocycles. The first-order valence-corrected chi connectivity index (χ1v) is 13.1. The van der Waals surface area contributed by atoms with Gasteiger partial charge in [0.05, 0.1) is 0 Å². The van der Waals surface area contributed by atoms with Gasteiger partial charge in [-0.1, -0.05) is 36.4 Å². The van der Waals surface area contributed by atoms with Crippen molar-refractivity contribution < 1.29 is 14.7 Å². The molecule has 2 aromatic rings. The number of hydrogen-bond acceptors (Lipinski definition) is 5. The number of carbonyl (C=O) groups excluding carboxylic acids is 1. The van der Waals surface area contributed by atoms with Crippen LogP contribution in [0.3, 0.4) is 0 Å². The van der Waals surface area contributed by atoms with Crippen molar-refractivity contribution in [3.63, 3.8) is 0 Å². The van der Waals surface area contributed by atoms with E-state index in [1.165, 1.54) is 12.0 Å². The maximum atomic E-state index is 13.2. The number of aromatic nitrogens is 1. The van der Waals surface area contributed by atoms with Crippen molar-refractivity contribution >= 4 is 17.7 Å². The Hall–Kier alpha value is -2.93. The monoisotopic (exact) mass is 476 g/mol. The fraction of sp³-hybridized carbons (Fsp3) is 0.536. The van der Waals surface area contributed by atoms with Crippen molar-refractivity contribution in [2.75, 3.05) is 38.0 Å². The highest BCUT2D eigenvalue weighted by Gasteiger charge is 2.35. The summed E-state index contributed by atoms with van der Waals surface area (Å²) in [6, 6.07) is 13.2. The van der Waals surface area contributed by atoms with E-state index >= 15 is 0 Å². The van der Waals surface area contributed by atoms with Gasteiger partial charge in [0, 0.05) is 44.3 Å². The number of hydrogen-bond donors (Lipinski definition) is 2. The molecule has 5 rings (SSSR count). The molecule has 7 nitrogen and oxygen atoms in total. The number of rotatable bonds is 6. The molecule has 186 valence electrons. The number of fused-ring (bicyclic) bond motifs is 1. The lowest BCUT2D eigenvalue weighted by molar-refractivity contribution is -0.145. The zero-order chi connectivity index (χ0) is 24.2. The molecule has 0 bridgehead atoms. The van der Waals surface area contributed by atoms with Crippen LogP contribution >= 0.6 is 0 Å². The van der Waals surface area contributed by atoms with Gasteiger partial charge < -0.3 is 15.3 Å². The van der Waals surface area contributed by atoms with Crippen LogP contribution < -0.4 is 5.32 Å². The second kappa shape index (κ2) is 10.8. The number of aryl methyl sites for hydroxylation is 1. The van der Waals surface area contributed by atoms with Gasteiger partial charge in [0.2, 0.25) is 5.91 Å². The van der Waals surface area contributed by atoms with Crippen LogP contribution in [0.15, 0.2) is 42.5 Å². The average Bonchev–Trinajstić information content (AvgIpc) is 2.90. The Morgan fingerprint density at radius 2 is 1.74 bits per heavy atom. The first-order chi connectivity index (χ1) is 17.1. The molecule has 0 radical (unpaired) electrons. The lowest BCUT2D eigenvalue weighted by atomic mass is 9.89. The molecule has 0 aliphatic carbocycles. The normalized spacial score (nSPS) is 20.6. The Bertz CT molecular complexity index is 1030. The van der Waals surface area contributed by atoms with Crippen molar-refractivity contribution in [1.82, 2.24) is 14.8 Å². The first kappa shape index (κ1) is 23.8. The largest absolute Gasteiger partial charge is 0.480 e. The molecular formula is C28H36N4O3. The van der Waals surface area contributed by atoms with Gasteiger partial charge in [-0.15, -0.1) is 0 Å². The van der Waals surface area contributed by atoms with Crippen molar-refractivity contribution in [2.45, 2.75) is 51.0 Å². The molecule has 0 spiro atoms. The van der Waals surface area contributed by atoms with E-state index in [1.807, 2.05) is 40.1 Å². The maximum Gasteiger partial charge on any atom is 0.325 e. The Balaban J connectivity index is 1.10. The number of amides is 1. The Labute approximate surface area is 207 Å². The molecule has 0 saturated carbocycles. The molecule has 2 N–H and O–H groups in total. The predicted molar refractivity (Wildman–Crippen MR) is 135 cm³/mol. The number of pyridine rings is 1. The molecule has 1 amide bonds. The minimum Gasteiger partial charge on any atom is -0.480 e. The number of benzene rings is 1. The average molecular weight is 477 g/mol. The fourth-order valence-electron chi connectivity index (χ4n) is 5.94. The van der Waals surface area contributed by atoms with Crippen molar-refractivity contribution in [3.05, 3.63) is 59.3 Å². The summed E-state index contributed by atoms with van der Waals surface area (Å²) in [7, 11) is 0. The molecule has 7 heteroatoms. The third kappa shape index (κ3) is 5.50. The van der Waals surface area contributed by atoms with E-state index in [1.54, 1.807) is 0 Å². The van der Waals surface area contributed by atoms with Crippen LogP contribution in [0.4, 0.5) is 5.82 Å². The zero-order valence-electron chi connectivity index (χ0n) is 20.4. The molecule has 2 saturated heterocycles. The van der Waals surface area contributed by atoms with Crippen LogP contribution in [0.2, 0.25) is 0 Å². The van der Waals surface area contributed by atoms with Crippen molar-refractivity contribution in [3.8, 4) is 0 Å². The van der Waals surface area contributed by atoms with Crippen LogP contribution in [-0.4, -0.2) is 64.5 Å². The minimum atomic E-state index is -0.827. The lowest BCUT2D eigenvalue weighted by Crippen LogP contribution is -2.47. The summed E-state index contributed by atoms with van der Waals surface area (Å²) in [5, 5.41) is 13.2. The number of carboxylic acid groups (broad SMARTS) is 1. The van der Waals surface area contributed by atoms with Gasteiger partial charge in [0.25, 0.3) is 0 Å². The third-order valence-electron chi connectivity index (χ3n) is 7.97. The number of anilines is 1. The summed E-state index contributed by atoms with van der Waals surface area (Å²) in [6.45, 7) is 3.91. The number of likely N-dealkylation sites (tertiary alicyclic amines) is 2. The van der Waals surface area contributed by atoms with Gasteiger partial charge in [-0.3, -0.25) is 14.5 Å². The second-order valence-electron chi connectivity index (χ2n) is 10.3. The second-order valence-corrected chi connectivity index (χ2v) is 10.3. The van der Waals surface area contributed by atoms with Crippen LogP contribution in [0.5, 0.6) is 0 Å². The van der Waals surface area contributed by atoms with Crippen molar-refractivity contribution in [2.24, 2.45) is 11.8 Å². The third-order valence-corrected chi connectivity index (χ3v) is 7.97. The smallest absolute Gasteiger partial charge is 0.325 e.